The molecule has 0 atom stereocenters. The number of nitrogens with zero attached hydrogens (tertiary/aromatic N) is 4. The van der Waals surface area contributed by atoms with Gasteiger partial charge in [0, 0.05) is 37.6 Å². The maximum Gasteiger partial charge on any atom is 0.234 e. The Kier molecular flexibility index (Phi) is 6.72. The summed E-state index contributed by atoms with van der Waals surface area (Å²) in [5.74, 6) is 0.934. The number of thioether (sulfide) groups is 1. The molecule has 7 heteroatoms. The molecule has 2 aromatic carbocycles. The maximum atomic E-state index is 12.4. The van der Waals surface area contributed by atoms with Gasteiger partial charge in [0.15, 0.2) is 11.0 Å². The zero-order chi connectivity index (χ0) is 20.8. The molecule has 0 aliphatic carbocycles. The quantitative estimate of drug-likeness (QED) is 0.447. The molecule has 0 radical (unpaired) electrons. The molecule has 1 aromatic heterocycles. The van der Waals surface area contributed by atoms with Crippen molar-refractivity contribution in [3.05, 3.63) is 66.7 Å². The van der Waals surface area contributed by atoms with E-state index < -0.39 is 0 Å². The van der Waals surface area contributed by atoms with Crippen molar-refractivity contribution in [3.8, 4) is 11.4 Å². The number of carbonyl (C=O) groups is 1. The van der Waals surface area contributed by atoms with E-state index in [0.717, 1.165) is 22.8 Å². The second kappa shape index (κ2) is 9.43. The number of aromatic nitrogens is 3. The highest BCUT2D eigenvalue weighted by molar-refractivity contribution is 7.99. The number of hydrogen-bond acceptors (Lipinski definition) is 5. The first-order valence-electron chi connectivity index (χ1n) is 9.29. The number of rotatable bonds is 8. The minimum atomic E-state index is -0.0855. The predicted octanol–water partition coefficient (Wildman–Crippen LogP) is 4.24. The number of anilines is 2. The van der Waals surface area contributed by atoms with Crippen LogP contribution in [0, 0.1) is 6.92 Å². The molecule has 150 valence electrons. The molecule has 0 aliphatic heterocycles. The Morgan fingerprint density at radius 2 is 1.83 bits per heavy atom. The summed E-state index contributed by atoms with van der Waals surface area (Å²) in [6.07, 6.45) is 1.80. The van der Waals surface area contributed by atoms with Crippen LogP contribution in [-0.4, -0.2) is 40.5 Å². The Bertz CT molecular complexity index is 977. The van der Waals surface area contributed by atoms with Crippen molar-refractivity contribution in [1.82, 2.24) is 14.8 Å². The number of carbonyl (C=O) groups excluding carboxylic acids is 1. The van der Waals surface area contributed by atoms with Crippen molar-refractivity contribution in [2.75, 3.05) is 30.1 Å². The van der Waals surface area contributed by atoms with Gasteiger partial charge >= 0.3 is 0 Å². The topological polar surface area (TPSA) is 63.1 Å². The lowest BCUT2D eigenvalue weighted by Crippen LogP contribution is -2.15. The van der Waals surface area contributed by atoms with Crippen molar-refractivity contribution in [3.63, 3.8) is 0 Å². The van der Waals surface area contributed by atoms with Crippen LogP contribution in [0.3, 0.4) is 0 Å². The highest BCUT2D eigenvalue weighted by Crippen LogP contribution is 2.25. The minimum Gasteiger partial charge on any atom is -0.378 e. The molecule has 6 nitrogen and oxygen atoms in total. The van der Waals surface area contributed by atoms with Crippen LogP contribution < -0.4 is 10.2 Å². The molecule has 0 saturated heterocycles. The van der Waals surface area contributed by atoms with Gasteiger partial charge in [-0.1, -0.05) is 47.7 Å². The Balaban J connectivity index is 1.67. The Morgan fingerprint density at radius 1 is 1.14 bits per heavy atom. The van der Waals surface area contributed by atoms with Gasteiger partial charge in [0.2, 0.25) is 5.91 Å². The summed E-state index contributed by atoms with van der Waals surface area (Å²) in [7, 11) is 3.96. The molecule has 3 rings (SSSR count). The molecule has 1 heterocycles. The number of amides is 1. The number of nitrogens with one attached hydrogen (secondary N) is 1. The second-order valence-corrected chi connectivity index (χ2v) is 7.79. The number of aryl methyl sites for hydroxylation is 1. The van der Waals surface area contributed by atoms with E-state index in [-0.39, 0.29) is 11.7 Å². The van der Waals surface area contributed by atoms with E-state index in [1.807, 2.05) is 79.0 Å². The molecule has 0 spiro atoms. The van der Waals surface area contributed by atoms with Gasteiger partial charge in [-0.2, -0.15) is 0 Å². The largest absolute Gasteiger partial charge is 0.378 e. The lowest BCUT2D eigenvalue weighted by molar-refractivity contribution is -0.113. The van der Waals surface area contributed by atoms with Crippen molar-refractivity contribution < 1.29 is 4.79 Å². The highest BCUT2D eigenvalue weighted by Gasteiger charge is 2.15. The molecule has 0 fully saturated rings. The van der Waals surface area contributed by atoms with Crippen molar-refractivity contribution in [1.29, 1.82) is 0 Å². The SMILES string of the molecule is C=CCn1c(SCC(=O)Nc2ccc(N(C)C)cc2)nnc1-c1ccc(C)cc1. The molecular formula is C22H25N5OS. The number of hydrogen-bond donors (Lipinski definition) is 1. The van der Waals surface area contributed by atoms with Gasteiger partial charge in [-0.15, -0.1) is 16.8 Å². The lowest BCUT2D eigenvalue weighted by atomic mass is 10.1. The van der Waals surface area contributed by atoms with Gasteiger partial charge in [-0.25, -0.2) is 0 Å². The summed E-state index contributed by atoms with van der Waals surface area (Å²) in [5, 5.41) is 12.2. The Hall–Kier alpha value is -3.06. The van der Waals surface area contributed by atoms with Crippen molar-refractivity contribution in [2.45, 2.75) is 18.6 Å². The monoisotopic (exact) mass is 407 g/mol. The van der Waals surface area contributed by atoms with E-state index in [1.54, 1.807) is 6.08 Å². The van der Waals surface area contributed by atoms with E-state index in [4.69, 9.17) is 0 Å². The molecule has 29 heavy (non-hydrogen) atoms. The fourth-order valence-electron chi connectivity index (χ4n) is 2.78. The third kappa shape index (κ3) is 5.26. The zero-order valence-electron chi connectivity index (χ0n) is 16.9. The average molecular weight is 408 g/mol. The zero-order valence-corrected chi connectivity index (χ0v) is 17.7. The van der Waals surface area contributed by atoms with E-state index in [9.17, 15) is 4.79 Å². The lowest BCUT2D eigenvalue weighted by Gasteiger charge is -2.13. The summed E-state index contributed by atoms with van der Waals surface area (Å²) >= 11 is 1.36. The first-order chi connectivity index (χ1) is 14.0. The molecule has 1 amide bonds. The summed E-state index contributed by atoms with van der Waals surface area (Å²) < 4.78 is 1.97. The van der Waals surface area contributed by atoms with Crippen LogP contribution >= 0.6 is 11.8 Å². The first-order valence-corrected chi connectivity index (χ1v) is 10.3. The smallest absolute Gasteiger partial charge is 0.234 e. The van der Waals surface area contributed by atoms with Crippen LogP contribution in [0.15, 0.2) is 66.3 Å². The van der Waals surface area contributed by atoms with Gasteiger partial charge in [-0.3, -0.25) is 9.36 Å². The molecule has 1 N–H and O–H groups in total. The summed E-state index contributed by atoms with van der Waals surface area (Å²) in [6.45, 7) is 6.45. The Morgan fingerprint density at radius 3 is 2.45 bits per heavy atom. The fraction of sp³-hybridized carbons (Fsp3) is 0.227. The summed E-state index contributed by atoms with van der Waals surface area (Å²) in [4.78, 5) is 14.4. The van der Waals surface area contributed by atoms with Gasteiger partial charge < -0.3 is 10.2 Å². The average Bonchev–Trinajstić information content (AvgIpc) is 3.10. The van der Waals surface area contributed by atoms with Gasteiger partial charge in [-0.05, 0) is 31.2 Å². The normalized spacial score (nSPS) is 10.6. The maximum absolute atomic E-state index is 12.4. The van der Waals surface area contributed by atoms with Gasteiger partial charge in [0.1, 0.15) is 0 Å². The van der Waals surface area contributed by atoms with Gasteiger partial charge in [0.25, 0.3) is 0 Å². The molecular weight excluding hydrogens is 382 g/mol. The fourth-order valence-corrected chi connectivity index (χ4v) is 3.52. The van der Waals surface area contributed by atoms with E-state index >= 15 is 0 Å². The molecule has 3 aromatic rings. The predicted molar refractivity (Wildman–Crippen MR) is 121 cm³/mol. The van der Waals surface area contributed by atoms with E-state index in [2.05, 4.69) is 22.1 Å². The van der Waals surface area contributed by atoms with Crippen molar-refractivity contribution >= 4 is 29.0 Å². The molecule has 0 saturated carbocycles. The van der Waals surface area contributed by atoms with Crippen LogP contribution in [0.4, 0.5) is 11.4 Å². The third-order valence-electron chi connectivity index (χ3n) is 4.34. The minimum absolute atomic E-state index is 0.0855. The standard InChI is InChI=1S/C22H25N5OS/c1-5-14-27-21(17-8-6-16(2)7-9-17)24-25-22(27)29-15-20(28)23-18-10-12-19(13-11-18)26(3)4/h5-13H,1,14-15H2,2-4H3,(H,23,28). The van der Waals surface area contributed by atoms with Crippen LogP contribution in [0.2, 0.25) is 0 Å². The van der Waals surface area contributed by atoms with Crippen LogP contribution in [0.25, 0.3) is 11.4 Å². The van der Waals surface area contributed by atoms with Crippen molar-refractivity contribution in [2.24, 2.45) is 0 Å². The number of benzene rings is 2. The Labute approximate surface area is 175 Å². The van der Waals surface area contributed by atoms with E-state index in [1.165, 1.54) is 17.3 Å². The van der Waals surface area contributed by atoms with Crippen LogP contribution in [0.1, 0.15) is 5.56 Å². The highest BCUT2D eigenvalue weighted by atomic mass is 32.2. The van der Waals surface area contributed by atoms with Crippen LogP contribution in [-0.2, 0) is 11.3 Å². The molecule has 0 bridgehead atoms. The molecule has 0 aliphatic rings. The van der Waals surface area contributed by atoms with E-state index in [0.29, 0.717) is 11.7 Å². The second-order valence-electron chi connectivity index (χ2n) is 6.85. The summed E-state index contributed by atoms with van der Waals surface area (Å²) in [5.41, 5.74) is 4.03. The molecule has 0 unspecified atom stereocenters. The number of allylic oxidation sites excluding steroid dienone is 1. The third-order valence-corrected chi connectivity index (χ3v) is 5.30. The van der Waals surface area contributed by atoms with Crippen LogP contribution in [0.5, 0.6) is 0 Å². The first kappa shape index (κ1) is 20.7. The van der Waals surface area contributed by atoms with Gasteiger partial charge in [0.05, 0.1) is 5.75 Å². The summed E-state index contributed by atoms with van der Waals surface area (Å²) in [6, 6.07) is 15.9.